The smallest absolute Gasteiger partial charge is 0.147 e. The fourth-order valence-electron chi connectivity index (χ4n) is 1.34. The van der Waals surface area contributed by atoms with Gasteiger partial charge in [0.15, 0.2) is 0 Å². The van der Waals surface area contributed by atoms with Crippen molar-refractivity contribution in [3.63, 3.8) is 0 Å². The van der Waals surface area contributed by atoms with Gasteiger partial charge in [0.25, 0.3) is 0 Å². The molecule has 1 aromatic rings. The number of nitrogens with two attached hydrogens (primary N) is 1. The van der Waals surface area contributed by atoms with Crippen molar-refractivity contribution in [1.82, 2.24) is 9.97 Å². The van der Waals surface area contributed by atoms with Gasteiger partial charge in [-0.05, 0) is 6.42 Å². The van der Waals surface area contributed by atoms with E-state index in [0.717, 1.165) is 25.3 Å². The number of hydrogen-bond donors (Lipinski definition) is 1. The Morgan fingerprint density at radius 3 is 2.77 bits per heavy atom. The lowest BCUT2D eigenvalue weighted by atomic mass is 10.2. The second-order valence-electron chi connectivity index (χ2n) is 3.01. The highest BCUT2D eigenvalue weighted by molar-refractivity contribution is 5.40. The summed E-state index contributed by atoms with van der Waals surface area (Å²) in [4.78, 5) is 10.4. The fraction of sp³-hybridized carbons (Fsp3) is 0.333. The van der Waals surface area contributed by atoms with Crippen LogP contribution in [-0.4, -0.2) is 23.1 Å². The van der Waals surface area contributed by atoms with Crippen molar-refractivity contribution in [1.29, 1.82) is 0 Å². The third kappa shape index (κ3) is 1.77. The average Bonchev–Trinajstić information content (AvgIpc) is 2.20. The first-order valence-electron chi connectivity index (χ1n) is 4.34. The average molecular weight is 176 g/mol. The molecule has 0 fully saturated rings. The monoisotopic (exact) mass is 176 g/mol. The van der Waals surface area contributed by atoms with Crippen molar-refractivity contribution < 1.29 is 0 Å². The minimum absolute atomic E-state index is 0.469. The Morgan fingerprint density at radius 2 is 2.15 bits per heavy atom. The molecular formula is C9H12N4. The molecule has 13 heavy (non-hydrogen) atoms. The Hall–Kier alpha value is -1.58. The minimum Gasteiger partial charge on any atom is -0.382 e. The third-order valence-corrected chi connectivity index (χ3v) is 2.04. The molecule has 2 rings (SSSR count). The molecule has 0 spiro atoms. The maximum absolute atomic E-state index is 5.45. The second-order valence-corrected chi connectivity index (χ2v) is 3.01. The normalized spacial score (nSPS) is 16.2. The van der Waals surface area contributed by atoms with E-state index in [4.69, 9.17) is 5.73 Å². The van der Waals surface area contributed by atoms with Crippen LogP contribution in [0.4, 0.5) is 11.6 Å². The van der Waals surface area contributed by atoms with E-state index in [0.29, 0.717) is 5.82 Å². The van der Waals surface area contributed by atoms with Crippen LogP contribution in [0.2, 0.25) is 0 Å². The number of nitrogen functional groups attached to an aromatic ring is 1. The summed E-state index contributed by atoms with van der Waals surface area (Å²) in [5.41, 5.74) is 5.45. The summed E-state index contributed by atoms with van der Waals surface area (Å²) < 4.78 is 0. The topological polar surface area (TPSA) is 55.0 Å². The lowest BCUT2D eigenvalue weighted by Gasteiger charge is -2.23. The third-order valence-electron chi connectivity index (χ3n) is 2.04. The number of rotatable bonds is 1. The molecule has 0 saturated carbocycles. The first kappa shape index (κ1) is 8.04. The van der Waals surface area contributed by atoms with Crippen LogP contribution in [0.1, 0.15) is 6.42 Å². The van der Waals surface area contributed by atoms with E-state index in [1.54, 1.807) is 12.4 Å². The Balaban J connectivity index is 2.15. The quantitative estimate of drug-likeness (QED) is 0.644. The standard InChI is InChI=1S/C9H12N4/c10-8-6-12-9(7-11-8)13-4-2-1-3-5-13/h1-2,6-7H,3-5H2,(H2,10,11). The maximum Gasteiger partial charge on any atom is 0.147 e. The van der Waals surface area contributed by atoms with Crippen LogP contribution in [-0.2, 0) is 0 Å². The maximum atomic E-state index is 5.45. The van der Waals surface area contributed by atoms with Crippen LogP contribution in [0, 0.1) is 0 Å². The molecule has 0 unspecified atom stereocenters. The van der Waals surface area contributed by atoms with Gasteiger partial charge in [0.1, 0.15) is 11.6 Å². The van der Waals surface area contributed by atoms with Crippen molar-refractivity contribution in [2.75, 3.05) is 23.7 Å². The molecule has 2 N–H and O–H groups in total. The van der Waals surface area contributed by atoms with Gasteiger partial charge in [-0.15, -0.1) is 0 Å². The SMILES string of the molecule is Nc1cnc(N2CC=CCC2)cn1. The molecular weight excluding hydrogens is 164 g/mol. The van der Waals surface area contributed by atoms with E-state index < -0.39 is 0 Å². The van der Waals surface area contributed by atoms with Gasteiger partial charge in [0.2, 0.25) is 0 Å². The molecule has 0 atom stereocenters. The summed E-state index contributed by atoms with van der Waals surface area (Å²) in [7, 11) is 0. The molecule has 1 aromatic heterocycles. The highest BCUT2D eigenvalue weighted by atomic mass is 15.2. The van der Waals surface area contributed by atoms with Crippen LogP contribution in [0.25, 0.3) is 0 Å². The van der Waals surface area contributed by atoms with E-state index in [1.165, 1.54) is 0 Å². The molecule has 1 aliphatic rings. The molecule has 68 valence electrons. The van der Waals surface area contributed by atoms with Crippen molar-refractivity contribution in [3.8, 4) is 0 Å². The Bertz CT molecular complexity index is 304. The van der Waals surface area contributed by atoms with E-state index >= 15 is 0 Å². The number of hydrogen-bond acceptors (Lipinski definition) is 4. The molecule has 0 aromatic carbocycles. The lowest BCUT2D eigenvalue weighted by molar-refractivity contribution is 0.802. The number of aromatic nitrogens is 2. The molecule has 0 saturated heterocycles. The van der Waals surface area contributed by atoms with E-state index in [1.807, 2.05) is 0 Å². The minimum atomic E-state index is 0.469. The molecule has 0 amide bonds. The van der Waals surface area contributed by atoms with E-state index in [-0.39, 0.29) is 0 Å². The zero-order chi connectivity index (χ0) is 9.10. The molecule has 1 aliphatic heterocycles. The van der Waals surface area contributed by atoms with Gasteiger partial charge >= 0.3 is 0 Å². The summed E-state index contributed by atoms with van der Waals surface area (Å²) in [5, 5.41) is 0. The van der Waals surface area contributed by atoms with Gasteiger partial charge < -0.3 is 10.6 Å². The van der Waals surface area contributed by atoms with Crippen LogP contribution in [0.15, 0.2) is 24.5 Å². The Morgan fingerprint density at radius 1 is 1.23 bits per heavy atom. The van der Waals surface area contributed by atoms with E-state index in [9.17, 15) is 0 Å². The zero-order valence-electron chi connectivity index (χ0n) is 7.35. The van der Waals surface area contributed by atoms with Gasteiger partial charge in [0, 0.05) is 13.1 Å². The molecule has 0 aliphatic carbocycles. The summed E-state index contributed by atoms with van der Waals surface area (Å²) in [6.45, 7) is 1.92. The molecule has 4 heteroatoms. The van der Waals surface area contributed by atoms with Crippen molar-refractivity contribution in [2.45, 2.75) is 6.42 Å². The predicted molar refractivity (Wildman–Crippen MR) is 52.4 cm³/mol. The highest BCUT2D eigenvalue weighted by Crippen LogP contribution is 2.12. The molecule has 0 bridgehead atoms. The first-order chi connectivity index (χ1) is 6.36. The summed E-state index contributed by atoms with van der Waals surface area (Å²) in [5.74, 6) is 1.37. The van der Waals surface area contributed by atoms with Crippen molar-refractivity contribution in [2.24, 2.45) is 0 Å². The predicted octanol–water partition coefficient (Wildman–Crippen LogP) is 0.825. The van der Waals surface area contributed by atoms with Crippen LogP contribution < -0.4 is 10.6 Å². The Kier molecular flexibility index (Phi) is 2.12. The number of nitrogens with zero attached hydrogens (tertiary/aromatic N) is 3. The summed E-state index contributed by atoms with van der Waals surface area (Å²) >= 11 is 0. The van der Waals surface area contributed by atoms with Gasteiger partial charge in [-0.25, -0.2) is 9.97 Å². The van der Waals surface area contributed by atoms with Crippen LogP contribution in [0.5, 0.6) is 0 Å². The summed E-state index contributed by atoms with van der Waals surface area (Å²) in [6, 6.07) is 0. The highest BCUT2D eigenvalue weighted by Gasteiger charge is 2.07. The van der Waals surface area contributed by atoms with Crippen LogP contribution in [0.3, 0.4) is 0 Å². The van der Waals surface area contributed by atoms with Crippen molar-refractivity contribution in [3.05, 3.63) is 24.5 Å². The van der Waals surface area contributed by atoms with Crippen molar-refractivity contribution >= 4 is 11.6 Å². The Labute approximate surface area is 77.1 Å². The largest absolute Gasteiger partial charge is 0.382 e. The molecule has 4 nitrogen and oxygen atoms in total. The van der Waals surface area contributed by atoms with E-state index in [2.05, 4.69) is 27.0 Å². The zero-order valence-corrected chi connectivity index (χ0v) is 7.35. The number of anilines is 2. The van der Waals surface area contributed by atoms with Gasteiger partial charge in [-0.2, -0.15) is 0 Å². The molecule has 0 radical (unpaired) electrons. The van der Waals surface area contributed by atoms with Crippen LogP contribution >= 0.6 is 0 Å². The fourth-order valence-corrected chi connectivity index (χ4v) is 1.34. The lowest BCUT2D eigenvalue weighted by Crippen LogP contribution is -2.27. The summed E-state index contributed by atoms with van der Waals surface area (Å²) in [6.07, 6.45) is 8.71. The second kappa shape index (κ2) is 3.43. The van der Waals surface area contributed by atoms with Gasteiger partial charge in [-0.3, -0.25) is 0 Å². The first-order valence-corrected chi connectivity index (χ1v) is 4.34. The molecule has 2 heterocycles. The van der Waals surface area contributed by atoms with Gasteiger partial charge in [-0.1, -0.05) is 12.2 Å². The van der Waals surface area contributed by atoms with Gasteiger partial charge in [0.05, 0.1) is 12.4 Å².